The Morgan fingerprint density at radius 3 is 2.42 bits per heavy atom. The number of fused-ring (bicyclic) bond motifs is 1. The number of sulfonamides is 1. The van der Waals surface area contributed by atoms with Crippen molar-refractivity contribution in [2.75, 3.05) is 6.54 Å². The summed E-state index contributed by atoms with van der Waals surface area (Å²) < 4.78 is 27.4. The Labute approximate surface area is 141 Å². The first-order valence-electron chi connectivity index (χ1n) is 7.70. The normalized spacial score (nSPS) is 13.1. The van der Waals surface area contributed by atoms with Gasteiger partial charge in [-0.1, -0.05) is 60.7 Å². The highest BCUT2D eigenvalue weighted by Gasteiger charge is 2.19. The van der Waals surface area contributed by atoms with Gasteiger partial charge in [-0.3, -0.25) is 0 Å². The molecule has 0 radical (unpaired) electrons. The summed E-state index contributed by atoms with van der Waals surface area (Å²) >= 11 is 0. The Hall–Kier alpha value is -2.21. The highest BCUT2D eigenvalue weighted by Crippen LogP contribution is 2.24. The Morgan fingerprint density at radius 2 is 1.62 bits per heavy atom. The number of nitrogens with one attached hydrogen (secondary N) is 1. The first-order chi connectivity index (χ1) is 11.5. The molecule has 1 unspecified atom stereocenters. The van der Waals surface area contributed by atoms with Crippen molar-refractivity contribution in [1.29, 1.82) is 0 Å². The third-order valence-electron chi connectivity index (χ3n) is 4.03. The van der Waals surface area contributed by atoms with E-state index in [2.05, 4.69) is 4.72 Å². The van der Waals surface area contributed by atoms with Crippen molar-refractivity contribution >= 4 is 20.8 Å². The topological polar surface area (TPSA) is 66.4 Å². The molecule has 0 amide bonds. The lowest BCUT2D eigenvalue weighted by Crippen LogP contribution is -2.29. The minimum Gasteiger partial charge on any atom is -0.387 e. The van der Waals surface area contributed by atoms with Crippen LogP contribution in [0.15, 0.2) is 71.6 Å². The average molecular weight is 341 g/mol. The van der Waals surface area contributed by atoms with Crippen LogP contribution < -0.4 is 4.72 Å². The maximum Gasteiger partial charge on any atom is 0.240 e. The van der Waals surface area contributed by atoms with Gasteiger partial charge in [0.05, 0.1) is 11.0 Å². The maximum absolute atomic E-state index is 12.4. The smallest absolute Gasteiger partial charge is 0.240 e. The molecule has 3 rings (SSSR count). The second-order valence-electron chi connectivity index (χ2n) is 5.70. The molecule has 1 atom stereocenters. The molecule has 0 aliphatic rings. The lowest BCUT2D eigenvalue weighted by atomic mass is 10.0. The fourth-order valence-electron chi connectivity index (χ4n) is 2.78. The van der Waals surface area contributed by atoms with E-state index in [-0.39, 0.29) is 11.4 Å². The zero-order valence-electron chi connectivity index (χ0n) is 13.3. The van der Waals surface area contributed by atoms with Gasteiger partial charge in [0.2, 0.25) is 10.0 Å². The van der Waals surface area contributed by atoms with Crippen LogP contribution in [0, 0.1) is 6.92 Å². The van der Waals surface area contributed by atoms with E-state index < -0.39 is 16.1 Å². The van der Waals surface area contributed by atoms with Crippen molar-refractivity contribution in [2.45, 2.75) is 17.9 Å². The van der Waals surface area contributed by atoms with Crippen molar-refractivity contribution in [3.05, 3.63) is 77.9 Å². The van der Waals surface area contributed by atoms with E-state index in [4.69, 9.17) is 0 Å². The molecule has 0 fully saturated rings. The molecule has 0 aliphatic heterocycles. The van der Waals surface area contributed by atoms with E-state index in [0.29, 0.717) is 11.1 Å². The number of hydrogen-bond acceptors (Lipinski definition) is 3. The predicted octanol–water partition coefficient (Wildman–Crippen LogP) is 3.16. The third-order valence-corrected chi connectivity index (χ3v) is 5.62. The Balaban J connectivity index is 1.83. The third kappa shape index (κ3) is 3.33. The first-order valence-corrected chi connectivity index (χ1v) is 9.18. The summed E-state index contributed by atoms with van der Waals surface area (Å²) in [6.07, 6.45) is -0.921. The summed E-state index contributed by atoms with van der Waals surface area (Å²) in [6, 6.07) is 20.1. The van der Waals surface area contributed by atoms with Crippen LogP contribution >= 0.6 is 0 Å². The zero-order valence-corrected chi connectivity index (χ0v) is 14.1. The average Bonchev–Trinajstić information content (AvgIpc) is 2.59. The zero-order chi connectivity index (χ0) is 17.2. The summed E-state index contributed by atoms with van der Waals surface area (Å²) in [5, 5.41) is 12.4. The number of aryl methyl sites for hydroxylation is 1. The number of aliphatic hydroxyl groups is 1. The molecule has 2 N–H and O–H groups in total. The molecule has 0 heterocycles. The first kappa shape index (κ1) is 16.6. The van der Waals surface area contributed by atoms with Gasteiger partial charge in [-0.2, -0.15) is 0 Å². The Bertz CT molecular complexity index is 962. The molecule has 0 aromatic heterocycles. The molecule has 0 saturated carbocycles. The van der Waals surface area contributed by atoms with Crippen LogP contribution in [0.3, 0.4) is 0 Å². The van der Waals surface area contributed by atoms with Crippen LogP contribution in [-0.2, 0) is 10.0 Å². The Morgan fingerprint density at radius 1 is 0.958 bits per heavy atom. The van der Waals surface area contributed by atoms with Gasteiger partial charge in [0, 0.05) is 6.54 Å². The summed E-state index contributed by atoms with van der Waals surface area (Å²) in [7, 11) is -3.66. The van der Waals surface area contributed by atoms with E-state index in [1.54, 1.807) is 31.2 Å². The van der Waals surface area contributed by atoms with Gasteiger partial charge < -0.3 is 5.11 Å². The molecule has 0 spiro atoms. The van der Waals surface area contributed by atoms with E-state index in [1.807, 2.05) is 42.5 Å². The van der Waals surface area contributed by atoms with Crippen molar-refractivity contribution in [2.24, 2.45) is 0 Å². The number of aliphatic hydroxyl groups excluding tert-OH is 1. The van der Waals surface area contributed by atoms with Gasteiger partial charge in [0.1, 0.15) is 0 Å². The van der Waals surface area contributed by atoms with Crippen LogP contribution in [0.1, 0.15) is 17.2 Å². The lowest BCUT2D eigenvalue weighted by Gasteiger charge is -2.15. The second-order valence-corrected chi connectivity index (χ2v) is 7.44. The summed E-state index contributed by atoms with van der Waals surface area (Å²) in [5.41, 5.74) is 1.38. The summed E-state index contributed by atoms with van der Waals surface area (Å²) in [4.78, 5) is 0.232. The lowest BCUT2D eigenvalue weighted by molar-refractivity contribution is 0.183. The van der Waals surface area contributed by atoms with E-state index >= 15 is 0 Å². The molecule has 4 nitrogen and oxygen atoms in total. The van der Waals surface area contributed by atoms with Crippen molar-refractivity contribution < 1.29 is 13.5 Å². The molecule has 0 saturated heterocycles. The molecule has 124 valence electrons. The maximum atomic E-state index is 12.4. The summed E-state index contributed by atoms with van der Waals surface area (Å²) in [5.74, 6) is 0. The second kappa shape index (κ2) is 6.73. The minimum atomic E-state index is -3.66. The number of rotatable bonds is 5. The van der Waals surface area contributed by atoms with Crippen LogP contribution in [0.4, 0.5) is 0 Å². The van der Waals surface area contributed by atoms with Gasteiger partial charge in [-0.15, -0.1) is 0 Å². The standard InChI is InChI=1S/C19H19NO3S/c1-14-7-2-5-12-19(14)24(22,23)20-13-18(21)17-11-6-9-15-8-3-4-10-16(15)17/h2-12,18,20-21H,13H2,1H3. The number of hydrogen-bond donors (Lipinski definition) is 2. The molecule has 0 aliphatic carbocycles. The molecule has 5 heteroatoms. The number of benzene rings is 3. The van der Waals surface area contributed by atoms with Crippen molar-refractivity contribution in [3.63, 3.8) is 0 Å². The molecular weight excluding hydrogens is 322 g/mol. The van der Waals surface area contributed by atoms with Gasteiger partial charge in [-0.25, -0.2) is 13.1 Å². The van der Waals surface area contributed by atoms with Crippen LogP contribution in [0.25, 0.3) is 10.8 Å². The highest BCUT2D eigenvalue weighted by molar-refractivity contribution is 7.89. The van der Waals surface area contributed by atoms with Gasteiger partial charge in [-0.05, 0) is 34.9 Å². The molecule has 0 bridgehead atoms. The minimum absolute atomic E-state index is 0.0787. The van der Waals surface area contributed by atoms with E-state index in [1.165, 1.54) is 0 Å². The largest absolute Gasteiger partial charge is 0.387 e. The molecule has 24 heavy (non-hydrogen) atoms. The van der Waals surface area contributed by atoms with Crippen molar-refractivity contribution in [3.8, 4) is 0 Å². The van der Waals surface area contributed by atoms with Crippen LogP contribution in [0.5, 0.6) is 0 Å². The van der Waals surface area contributed by atoms with E-state index in [0.717, 1.165) is 10.8 Å². The van der Waals surface area contributed by atoms with Gasteiger partial charge in [0.25, 0.3) is 0 Å². The van der Waals surface area contributed by atoms with Crippen molar-refractivity contribution in [1.82, 2.24) is 4.72 Å². The van der Waals surface area contributed by atoms with Crippen LogP contribution in [-0.4, -0.2) is 20.1 Å². The fraction of sp³-hybridized carbons (Fsp3) is 0.158. The Kier molecular flexibility index (Phi) is 4.66. The quantitative estimate of drug-likeness (QED) is 0.749. The molecule has 3 aromatic rings. The molecular formula is C19H19NO3S. The monoisotopic (exact) mass is 341 g/mol. The van der Waals surface area contributed by atoms with E-state index in [9.17, 15) is 13.5 Å². The van der Waals surface area contributed by atoms with Crippen LogP contribution in [0.2, 0.25) is 0 Å². The predicted molar refractivity (Wildman–Crippen MR) is 95.3 cm³/mol. The SMILES string of the molecule is Cc1ccccc1S(=O)(=O)NCC(O)c1cccc2ccccc12. The van der Waals surface area contributed by atoms with Gasteiger partial charge >= 0.3 is 0 Å². The fourth-order valence-corrected chi connectivity index (χ4v) is 4.06. The molecule has 3 aromatic carbocycles. The van der Waals surface area contributed by atoms with Gasteiger partial charge in [0.15, 0.2) is 0 Å². The highest BCUT2D eigenvalue weighted by atomic mass is 32.2. The summed E-state index contributed by atoms with van der Waals surface area (Å²) in [6.45, 7) is 1.67.